The van der Waals surface area contributed by atoms with Gasteiger partial charge < -0.3 is 4.74 Å². The van der Waals surface area contributed by atoms with Gasteiger partial charge in [0.2, 0.25) is 0 Å². The van der Waals surface area contributed by atoms with E-state index < -0.39 is 0 Å². The molecule has 0 aliphatic rings. The van der Waals surface area contributed by atoms with E-state index in [2.05, 4.69) is 84.2 Å². The highest BCUT2D eigenvalue weighted by Gasteiger charge is 2.24. The van der Waals surface area contributed by atoms with E-state index in [1.165, 1.54) is 22.2 Å². The summed E-state index contributed by atoms with van der Waals surface area (Å²) in [6.45, 7) is 4.30. The lowest BCUT2D eigenvalue weighted by atomic mass is 10.1. The molecule has 1 aromatic carbocycles. The van der Waals surface area contributed by atoms with Gasteiger partial charge in [0, 0.05) is 6.07 Å². The average molecular weight is 320 g/mol. The zero-order valence-corrected chi connectivity index (χ0v) is 14.8. The number of hydrogen-bond donors (Lipinski definition) is 0. The Morgan fingerprint density at radius 2 is 1.75 bits per heavy atom. The number of imidazole rings is 1. The van der Waals surface area contributed by atoms with Gasteiger partial charge in [-0.25, -0.2) is 4.40 Å². The van der Waals surface area contributed by atoms with Crippen LogP contribution in [0.4, 0.5) is 5.95 Å². The number of ether oxygens (including phenoxy) is 1. The molecule has 0 saturated heterocycles. The maximum absolute atomic E-state index is 5.71. The molecule has 3 heterocycles. The van der Waals surface area contributed by atoms with Crippen LogP contribution in [0.1, 0.15) is 11.1 Å². The van der Waals surface area contributed by atoms with Crippen molar-refractivity contribution in [1.82, 2.24) is 4.40 Å². The Hall–Kier alpha value is -2.75. The third-order valence-electron chi connectivity index (χ3n) is 4.78. The molecule has 4 nitrogen and oxygen atoms in total. The highest BCUT2D eigenvalue weighted by molar-refractivity contribution is 5.94. The van der Waals surface area contributed by atoms with Crippen LogP contribution >= 0.6 is 0 Å². The highest BCUT2D eigenvalue weighted by Crippen LogP contribution is 2.33. The van der Waals surface area contributed by atoms with Gasteiger partial charge in [0.1, 0.15) is 16.8 Å². The first kappa shape index (κ1) is 14.8. The number of hydrogen-bond acceptors (Lipinski definition) is 2. The Labute approximate surface area is 141 Å². The van der Waals surface area contributed by atoms with Gasteiger partial charge in [-0.2, -0.15) is 4.40 Å². The van der Waals surface area contributed by atoms with Gasteiger partial charge >= 0.3 is 5.95 Å². The van der Waals surface area contributed by atoms with Crippen molar-refractivity contribution in [2.24, 2.45) is 0 Å². The Kier molecular flexibility index (Phi) is 3.17. The molecule has 4 heteroatoms. The van der Waals surface area contributed by atoms with E-state index in [-0.39, 0.29) is 0 Å². The maximum Gasteiger partial charge on any atom is 0.369 e. The Balaban J connectivity index is 2.35. The number of benzene rings is 1. The van der Waals surface area contributed by atoms with Gasteiger partial charge in [-0.15, -0.1) is 0 Å². The summed E-state index contributed by atoms with van der Waals surface area (Å²) >= 11 is 0. The molecule has 0 aliphatic heterocycles. The summed E-state index contributed by atoms with van der Waals surface area (Å²) < 4.78 is 10.3. The lowest BCUT2D eigenvalue weighted by molar-refractivity contribution is -0.497. The molecule has 0 fully saturated rings. The zero-order chi connectivity index (χ0) is 17.0. The summed E-state index contributed by atoms with van der Waals surface area (Å²) in [6, 6.07) is 12.9. The lowest BCUT2D eigenvalue weighted by Crippen LogP contribution is -2.29. The van der Waals surface area contributed by atoms with Gasteiger partial charge in [0.25, 0.3) is 0 Å². The van der Waals surface area contributed by atoms with Crippen LogP contribution in [0.25, 0.3) is 21.9 Å². The van der Waals surface area contributed by atoms with Gasteiger partial charge in [0.15, 0.2) is 5.52 Å². The molecule has 24 heavy (non-hydrogen) atoms. The number of aryl methyl sites for hydroxylation is 2. The fourth-order valence-electron chi connectivity index (χ4n) is 3.50. The third kappa shape index (κ3) is 1.89. The van der Waals surface area contributed by atoms with Crippen LogP contribution in [0.3, 0.4) is 0 Å². The van der Waals surface area contributed by atoms with Crippen molar-refractivity contribution in [3.8, 4) is 5.75 Å². The molecule has 0 amide bonds. The van der Waals surface area contributed by atoms with Gasteiger partial charge in [-0.05, 0) is 49.2 Å². The summed E-state index contributed by atoms with van der Waals surface area (Å²) in [5.41, 5.74) is 6.03. The minimum Gasteiger partial charge on any atom is -0.496 e. The Morgan fingerprint density at radius 3 is 2.46 bits per heavy atom. The zero-order valence-electron chi connectivity index (χ0n) is 14.8. The molecule has 4 aromatic rings. The minimum absolute atomic E-state index is 0.912. The van der Waals surface area contributed by atoms with Crippen LogP contribution in [-0.4, -0.2) is 25.6 Å². The van der Waals surface area contributed by atoms with Crippen LogP contribution in [0.5, 0.6) is 5.75 Å². The third-order valence-corrected chi connectivity index (χ3v) is 4.78. The smallest absolute Gasteiger partial charge is 0.369 e. The topological polar surface area (TPSA) is 21.0 Å². The van der Waals surface area contributed by atoms with Crippen molar-refractivity contribution in [3.63, 3.8) is 0 Å². The second-order valence-corrected chi connectivity index (χ2v) is 6.54. The molecule has 3 aromatic heterocycles. The first-order valence-electron chi connectivity index (χ1n) is 8.13. The summed E-state index contributed by atoms with van der Waals surface area (Å²) in [7, 11) is 5.91. The number of aromatic nitrogens is 2. The number of fused-ring (bicyclic) bond motifs is 5. The normalized spacial score (nSPS) is 11.5. The number of anilines is 1. The lowest BCUT2D eigenvalue weighted by Gasteiger charge is -2.11. The molecule has 0 aliphatic carbocycles. The molecule has 0 unspecified atom stereocenters. The van der Waals surface area contributed by atoms with Crippen molar-refractivity contribution < 1.29 is 9.14 Å². The monoisotopic (exact) mass is 320 g/mol. The van der Waals surface area contributed by atoms with E-state index in [4.69, 9.17) is 4.74 Å². The van der Waals surface area contributed by atoms with Crippen molar-refractivity contribution in [2.75, 3.05) is 26.1 Å². The van der Waals surface area contributed by atoms with Gasteiger partial charge in [0.05, 0.1) is 32.8 Å². The van der Waals surface area contributed by atoms with E-state index in [1.807, 2.05) is 0 Å². The number of methoxy groups -OCH3 is 1. The first-order chi connectivity index (χ1) is 11.5. The first-order valence-corrected chi connectivity index (χ1v) is 8.13. The molecular formula is C20H22N3O+. The molecular weight excluding hydrogens is 298 g/mol. The summed E-state index contributed by atoms with van der Waals surface area (Å²) in [6.07, 6.45) is 2.11. The molecule has 0 atom stereocenters. The quantitative estimate of drug-likeness (QED) is 0.527. The highest BCUT2D eigenvalue weighted by atomic mass is 16.5. The summed E-state index contributed by atoms with van der Waals surface area (Å²) in [5.74, 6) is 2.03. The standard InChI is InChI=1S/C20H22N3O/c1-13-10-15-17(11-14(13)2)23-18(12-19(15)24-5)16-8-6-7-9-22(16)20(23)21(3)4/h6-12H,1-5H3/q+1. The SMILES string of the molecule is COc1cc2c3cccc[n+]3c(N(C)C)n2c2cc(C)c(C)cc12. The fourth-order valence-corrected chi connectivity index (χ4v) is 3.50. The number of rotatable bonds is 2. The van der Waals surface area contributed by atoms with Crippen molar-refractivity contribution >= 4 is 27.9 Å². The summed E-state index contributed by atoms with van der Waals surface area (Å²) in [5, 5.41) is 1.14. The molecule has 4 rings (SSSR count). The van der Waals surface area contributed by atoms with Crippen LogP contribution in [-0.2, 0) is 0 Å². The van der Waals surface area contributed by atoms with E-state index in [1.54, 1.807) is 7.11 Å². The van der Waals surface area contributed by atoms with Crippen LogP contribution in [0.15, 0.2) is 42.6 Å². The predicted octanol–water partition coefficient (Wildman–Crippen LogP) is 3.52. The van der Waals surface area contributed by atoms with E-state index >= 15 is 0 Å². The maximum atomic E-state index is 5.71. The molecule has 0 N–H and O–H groups in total. The van der Waals surface area contributed by atoms with E-state index in [0.717, 1.165) is 22.6 Å². The average Bonchev–Trinajstić information content (AvgIpc) is 2.90. The van der Waals surface area contributed by atoms with Gasteiger partial charge in [-0.3, -0.25) is 4.90 Å². The fraction of sp³-hybridized carbons (Fsp3) is 0.250. The second kappa shape index (κ2) is 5.13. The van der Waals surface area contributed by atoms with Crippen molar-refractivity contribution in [2.45, 2.75) is 13.8 Å². The van der Waals surface area contributed by atoms with E-state index in [9.17, 15) is 0 Å². The van der Waals surface area contributed by atoms with Gasteiger partial charge in [-0.1, -0.05) is 6.07 Å². The van der Waals surface area contributed by atoms with Crippen LogP contribution < -0.4 is 14.0 Å². The second-order valence-electron chi connectivity index (χ2n) is 6.54. The number of pyridine rings is 2. The summed E-state index contributed by atoms with van der Waals surface area (Å²) in [4.78, 5) is 2.15. The molecule has 0 radical (unpaired) electrons. The van der Waals surface area contributed by atoms with Crippen molar-refractivity contribution in [3.05, 3.63) is 53.7 Å². The molecule has 122 valence electrons. The predicted molar refractivity (Wildman–Crippen MR) is 98.4 cm³/mol. The Bertz CT molecular complexity index is 1090. The molecule has 0 bridgehead atoms. The number of nitrogens with zero attached hydrogens (tertiary/aromatic N) is 3. The van der Waals surface area contributed by atoms with Crippen LogP contribution in [0.2, 0.25) is 0 Å². The largest absolute Gasteiger partial charge is 0.496 e. The van der Waals surface area contributed by atoms with Crippen molar-refractivity contribution in [1.29, 1.82) is 0 Å². The Morgan fingerprint density at radius 1 is 1.00 bits per heavy atom. The minimum atomic E-state index is 0.912. The van der Waals surface area contributed by atoms with Crippen LogP contribution in [0, 0.1) is 13.8 Å². The van der Waals surface area contributed by atoms with E-state index in [0.29, 0.717) is 0 Å². The molecule has 0 saturated carbocycles. The molecule has 0 spiro atoms.